The maximum absolute atomic E-state index is 12.4. The number of hydrogen-bond acceptors (Lipinski definition) is 7. The summed E-state index contributed by atoms with van der Waals surface area (Å²) in [5, 5.41) is 2.96. The van der Waals surface area contributed by atoms with E-state index in [4.69, 9.17) is 18.9 Å². The van der Waals surface area contributed by atoms with Crippen LogP contribution in [0.5, 0.6) is 23.0 Å². The molecule has 1 fully saturated rings. The number of fused-ring (bicyclic) bond motifs is 2. The van der Waals surface area contributed by atoms with Gasteiger partial charge in [-0.25, -0.2) is 0 Å². The van der Waals surface area contributed by atoms with E-state index in [2.05, 4.69) is 27.2 Å². The predicted molar refractivity (Wildman–Crippen MR) is 115 cm³/mol. The van der Waals surface area contributed by atoms with Crippen molar-refractivity contribution in [2.75, 3.05) is 58.0 Å². The van der Waals surface area contributed by atoms with Crippen LogP contribution in [0.1, 0.15) is 12.0 Å². The van der Waals surface area contributed by atoms with Gasteiger partial charge in [0.15, 0.2) is 23.0 Å². The minimum Gasteiger partial charge on any atom is -0.486 e. The fourth-order valence-corrected chi connectivity index (χ4v) is 4.07. The zero-order chi connectivity index (χ0) is 21.0. The summed E-state index contributed by atoms with van der Waals surface area (Å²) in [6, 6.07) is 11.7. The number of hydrogen-bond donors (Lipinski definition) is 1. The summed E-state index contributed by atoms with van der Waals surface area (Å²) in [6.07, 6.45) is 0.469. The number of carbonyl (C=O) groups excluding carboxylic acids is 1. The van der Waals surface area contributed by atoms with Crippen LogP contribution >= 0.6 is 0 Å². The largest absolute Gasteiger partial charge is 0.486 e. The smallest absolute Gasteiger partial charge is 0.231 e. The number of anilines is 1. The molecular weight excluding hydrogens is 398 g/mol. The minimum atomic E-state index is 0.0134. The summed E-state index contributed by atoms with van der Waals surface area (Å²) in [5.41, 5.74) is 1.97. The van der Waals surface area contributed by atoms with E-state index in [0.29, 0.717) is 32.2 Å². The molecule has 31 heavy (non-hydrogen) atoms. The number of carbonyl (C=O) groups is 1. The van der Waals surface area contributed by atoms with Gasteiger partial charge in [0.25, 0.3) is 0 Å². The molecule has 2 aromatic carbocycles. The number of piperazine rings is 1. The summed E-state index contributed by atoms with van der Waals surface area (Å²) in [5.74, 6) is 3.08. The Morgan fingerprint density at radius 1 is 0.806 bits per heavy atom. The normalized spacial score (nSPS) is 18.1. The Balaban J connectivity index is 1.04. The van der Waals surface area contributed by atoms with Crippen LogP contribution in [-0.4, -0.2) is 68.4 Å². The molecule has 0 saturated carbocycles. The van der Waals surface area contributed by atoms with E-state index in [0.717, 1.165) is 62.2 Å². The molecule has 0 aromatic heterocycles. The molecule has 0 unspecified atom stereocenters. The molecule has 3 aliphatic rings. The van der Waals surface area contributed by atoms with Crippen LogP contribution in [0, 0.1) is 0 Å². The Bertz CT molecular complexity index is 943. The lowest BCUT2D eigenvalue weighted by Crippen LogP contribution is -2.46. The summed E-state index contributed by atoms with van der Waals surface area (Å²) >= 11 is 0. The Labute approximate surface area is 181 Å². The lowest BCUT2D eigenvalue weighted by molar-refractivity contribution is -0.116. The highest BCUT2D eigenvalue weighted by molar-refractivity contribution is 5.91. The average Bonchev–Trinajstić information content (AvgIpc) is 3.26. The lowest BCUT2D eigenvalue weighted by Gasteiger charge is -2.34. The van der Waals surface area contributed by atoms with E-state index in [1.807, 2.05) is 24.3 Å². The topological polar surface area (TPSA) is 72.5 Å². The van der Waals surface area contributed by atoms with Gasteiger partial charge in [-0.15, -0.1) is 0 Å². The first-order chi connectivity index (χ1) is 15.2. The van der Waals surface area contributed by atoms with Crippen molar-refractivity contribution in [3.05, 3.63) is 42.0 Å². The standard InChI is InChI=1S/C23H27N3O5/c27-23(24-18-2-4-19-22(14-18)29-12-11-28-19)5-6-25-7-9-26(10-8-25)15-17-1-3-20-21(13-17)31-16-30-20/h1-4,13-14H,5-12,15-16H2,(H,24,27). The fourth-order valence-electron chi connectivity index (χ4n) is 4.07. The number of nitrogens with one attached hydrogen (secondary N) is 1. The molecule has 1 N–H and O–H groups in total. The van der Waals surface area contributed by atoms with E-state index in [1.54, 1.807) is 0 Å². The van der Waals surface area contributed by atoms with Crippen LogP contribution < -0.4 is 24.3 Å². The second kappa shape index (κ2) is 9.03. The first-order valence-corrected chi connectivity index (χ1v) is 10.8. The van der Waals surface area contributed by atoms with E-state index in [9.17, 15) is 4.79 Å². The van der Waals surface area contributed by atoms with Crippen LogP contribution in [0.3, 0.4) is 0 Å². The highest BCUT2D eigenvalue weighted by Crippen LogP contribution is 2.33. The molecule has 8 heteroatoms. The van der Waals surface area contributed by atoms with Crippen molar-refractivity contribution in [3.63, 3.8) is 0 Å². The van der Waals surface area contributed by atoms with Crippen LogP contribution in [-0.2, 0) is 11.3 Å². The molecule has 0 spiro atoms. The monoisotopic (exact) mass is 425 g/mol. The molecule has 0 atom stereocenters. The Hall–Kier alpha value is -2.97. The van der Waals surface area contributed by atoms with Gasteiger partial charge in [-0.2, -0.15) is 0 Å². The molecular formula is C23H27N3O5. The van der Waals surface area contributed by atoms with Gasteiger partial charge in [0, 0.05) is 57.4 Å². The Morgan fingerprint density at radius 2 is 1.48 bits per heavy atom. The van der Waals surface area contributed by atoms with Gasteiger partial charge in [0.2, 0.25) is 12.7 Å². The molecule has 164 valence electrons. The fraction of sp³-hybridized carbons (Fsp3) is 0.435. The Morgan fingerprint density at radius 3 is 2.35 bits per heavy atom. The number of ether oxygens (including phenoxy) is 4. The second-order valence-corrected chi connectivity index (χ2v) is 7.96. The predicted octanol–water partition coefficient (Wildman–Crippen LogP) is 2.33. The van der Waals surface area contributed by atoms with Crippen LogP contribution in [0.4, 0.5) is 5.69 Å². The minimum absolute atomic E-state index is 0.0134. The maximum Gasteiger partial charge on any atom is 0.231 e. The van der Waals surface area contributed by atoms with Crippen molar-refractivity contribution < 1.29 is 23.7 Å². The molecule has 3 heterocycles. The molecule has 0 radical (unpaired) electrons. The molecule has 8 nitrogen and oxygen atoms in total. The third kappa shape index (κ3) is 4.86. The molecule has 1 saturated heterocycles. The van der Waals surface area contributed by atoms with E-state index >= 15 is 0 Å². The molecule has 2 aromatic rings. The van der Waals surface area contributed by atoms with Gasteiger partial charge in [0.05, 0.1) is 0 Å². The quantitative estimate of drug-likeness (QED) is 0.762. The first-order valence-electron chi connectivity index (χ1n) is 10.8. The van der Waals surface area contributed by atoms with Crippen LogP contribution in [0.2, 0.25) is 0 Å². The third-order valence-corrected chi connectivity index (χ3v) is 5.79. The number of nitrogens with zero attached hydrogens (tertiary/aromatic N) is 2. The molecule has 5 rings (SSSR count). The molecule has 0 bridgehead atoms. The van der Waals surface area contributed by atoms with Crippen LogP contribution in [0.25, 0.3) is 0 Å². The first kappa shape index (κ1) is 20.0. The maximum atomic E-state index is 12.4. The van der Waals surface area contributed by atoms with Crippen molar-refractivity contribution in [2.45, 2.75) is 13.0 Å². The van der Waals surface area contributed by atoms with Gasteiger partial charge in [-0.3, -0.25) is 9.69 Å². The summed E-state index contributed by atoms with van der Waals surface area (Å²) in [7, 11) is 0. The highest BCUT2D eigenvalue weighted by Gasteiger charge is 2.20. The lowest BCUT2D eigenvalue weighted by atomic mass is 10.1. The van der Waals surface area contributed by atoms with E-state index in [1.165, 1.54) is 5.56 Å². The van der Waals surface area contributed by atoms with E-state index < -0.39 is 0 Å². The van der Waals surface area contributed by atoms with Gasteiger partial charge in [-0.05, 0) is 29.8 Å². The third-order valence-electron chi connectivity index (χ3n) is 5.79. The summed E-state index contributed by atoms with van der Waals surface area (Å²) in [4.78, 5) is 17.2. The van der Waals surface area contributed by atoms with Crippen molar-refractivity contribution in [1.82, 2.24) is 9.80 Å². The van der Waals surface area contributed by atoms with Gasteiger partial charge >= 0.3 is 0 Å². The highest BCUT2D eigenvalue weighted by atomic mass is 16.7. The van der Waals surface area contributed by atoms with E-state index in [-0.39, 0.29) is 5.91 Å². The Kier molecular flexibility index (Phi) is 5.82. The second-order valence-electron chi connectivity index (χ2n) is 7.96. The molecule has 1 amide bonds. The van der Waals surface area contributed by atoms with Crippen molar-refractivity contribution in [3.8, 4) is 23.0 Å². The van der Waals surface area contributed by atoms with Crippen molar-refractivity contribution in [1.29, 1.82) is 0 Å². The summed E-state index contributed by atoms with van der Waals surface area (Å²) in [6.45, 7) is 6.94. The van der Waals surface area contributed by atoms with Gasteiger partial charge in [0.1, 0.15) is 13.2 Å². The van der Waals surface area contributed by atoms with Gasteiger partial charge < -0.3 is 29.2 Å². The van der Waals surface area contributed by atoms with Gasteiger partial charge in [-0.1, -0.05) is 6.07 Å². The van der Waals surface area contributed by atoms with Crippen LogP contribution in [0.15, 0.2) is 36.4 Å². The van der Waals surface area contributed by atoms with Crippen molar-refractivity contribution >= 4 is 11.6 Å². The number of rotatable bonds is 6. The zero-order valence-electron chi connectivity index (χ0n) is 17.5. The molecule has 3 aliphatic heterocycles. The summed E-state index contributed by atoms with van der Waals surface area (Å²) < 4.78 is 21.9. The number of amides is 1. The average molecular weight is 425 g/mol. The van der Waals surface area contributed by atoms with Crippen molar-refractivity contribution in [2.24, 2.45) is 0 Å². The number of benzene rings is 2. The zero-order valence-corrected chi connectivity index (χ0v) is 17.5. The molecule has 0 aliphatic carbocycles. The SMILES string of the molecule is O=C(CCN1CCN(Cc2ccc3c(c2)OCO3)CC1)Nc1ccc2c(c1)OCCO2.